The molecule has 0 aliphatic rings. The van der Waals surface area contributed by atoms with Gasteiger partial charge in [-0.05, 0) is 85.2 Å². The van der Waals surface area contributed by atoms with Crippen LogP contribution in [0.3, 0.4) is 0 Å². The molecular weight excluding hydrogens is 387 g/mol. The molecule has 5 heteroatoms. The number of aromatic nitrogens is 2. The molecule has 3 rings (SSSR count). The van der Waals surface area contributed by atoms with Gasteiger partial charge in [0.15, 0.2) is 0 Å². The number of hydrogen-bond donors (Lipinski definition) is 2. The first-order valence-corrected chi connectivity index (χ1v) is 10.9. The van der Waals surface area contributed by atoms with Crippen molar-refractivity contribution in [2.75, 3.05) is 13.6 Å². The third-order valence-electron chi connectivity index (χ3n) is 6.02. The summed E-state index contributed by atoms with van der Waals surface area (Å²) in [6, 6.07) is 9.10. The largest absolute Gasteiger partial charge is 0.392 e. The van der Waals surface area contributed by atoms with E-state index in [1.54, 1.807) is 12.1 Å². The quantitative estimate of drug-likeness (QED) is 0.439. The monoisotopic (exact) mass is 420 g/mol. The average molecular weight is 421 g/mol. The fourth-order valence-electron chi connectivity index (χ4n) is 4.09. The minimum absolute atomic E-state index is 0.224. The van der Waals surface area contributed by atoms with Gasteiger partial charge in [-0.1, -0.05) is 19.1 Å². The molecule has 0 saturated heterocycles. The summed E-state index contributed by atoms with van der Waals surface area (Å²) in [7, 11) is 1.95. The smallest absolute Gasteiger partial charge is 0.136 e. The molecule has 0 fully saturated rings. The van der Waals surface area contributed by atoms with Gasteiger partial charge in [0.1, 0.15) is 11.5 Å². The molecule has 0 aliphatic carbocycles. The number of allylic oxidation sites excluding steroid dienone is 3. The lowest BCUT2D eigenvalue weighted by Crippen LogP contribution is -2.10. The number of aryl methyl sites for hydroxylation is 1. The normalized spacial score (nSPS) is 13.2. The van der Waals surface area contributed by atoms with Gasteiger partial charge in [-0.3, -0.25) is 0 Å². The van der Waals surface area contributed by atoms with E-state index in [-0.39, 0.29) is 5.82 Å². The Morgan fingerprint density at radius 3 is 2.81 bits per heavy atom. The molecule has 0 spiro atoms. The second-order valence-corrected chi connectivity index (χ2v) is 8.01. The van der Waals surface area contributed by atoms with E-state index < -0.39 is 0 Å². The van der Waals surface area contributed by atoms with Crippen molar-refractivity contribution in [1.82, 2.24) is 14.7 Å². The maximum atomic E-state index is 14.2. The van der Waals surface area contributed by atoms with Gasteiger partial charge in [0.2, 0.25) is 0 Å². The standard InChI is InChI=1S/C26H33FN4/c1-5-18(2)24(19(3)29-4)8-6-7-20-9-11-22(27)15-25(20)21-10-12-26-30-16-23(13-14-28)31(26)17-21/h5,9-12,15-18,29H,1,6-8,13-14,28H2,2-4H3/b24-19-. The van der Waals surface area contributed by atoms with Crippen molar-refractivity contribution < 1.29 is 4.39 Å². The molecule has 0 bridgehead atoms. The molecule has 1 aromatic carbocycles. The predicted octanol–water partition coefficient (Wildman–Crippen LogP) is 5.28. The number of nitrogens with two attached hydrogens (primary N) is 1. The average Bonchev–Trinajstić information content (AvgIpc) is 3.19. The Bertz CT molecular complexity index is 1080. The summed E-state index contributed by atoms with van der Waals surface area (Å²) in [4.78, 5) is 4.44. The zero-order valence-electron chi connectivity index (χ0n) is 18.8. The van der Waals surface area contributed by atoms with Crippen LogP contribution >= 0.6 is 0 Å². The molecule has 31 heavy (non-hydrogen) atoms. The number of fused-ring (bicyclic) bond motifs is 1. The van der Waals surface area contributed by atoms with E-state index in [9.17, 15) is 4.39 Å². The molecular formula is C26H33FN4. The third-order valence-corrected chi connectivity index (χ3v) is 6.02. The summed E-state index contributed by atoms with van der Waals surface area (Å²) in [6.07, 6.45) is 9.46. The molecule has 1 atom stereocenters. The Labute approximate surface area is 184 Å². The van der Waals surface area contributed by atoms with Crippen LogP contribution in [0, 0.1) is 11.7 Å². The van der Waals surface area contributed by atoms with E-state index in [0.29, 0.717) is 12.5 Å². The lowest BCUT2D eigenvalue weighted by Gasteiger charge is -2.17. The van der Waals surface area contributed by atoms with E-state index >= 15 is 0 Å². The highest BCUT2D eigenvalue weighted by Crippen LogP contribution is 2.29. The third kappa shape index (κ3) is 5.23. The molecule has 4 nitrogen and oxygen atoms in total. The summed E-state index contributed by atoms with van der Waals surface area (Å²) in [5.74, 6) is 0.100. The molecule has 0 saturated carbocycles. The van der Waals surface area contributed by atoms with Crippen LogP contribution in [0.2, 0.25) is 0 Å². The number of hydrogen-bond acceptors (Lipinski definition) is 3. The van der Waals surface area contributed by atoms with E-state index in [2.05, 4.69) is 35.1 Å². The first-order chi connectivity index (χ1) is 15.0. The fourth-order valence-corrected chi connectivity index (χ4v) is 4.09. The summed E-state index contributed by atoms with van der Waals surface area (Å²) in [5, 5.41) is 3.27. The Morgan fingerprint density at radius 2 is 2.10 bits per heavy atom. The lowest BCUT2D eigenvalue weighted by atomic mass is 9.91. The van der Waals surface area contributed by atoms with Crippen LogP contribution in [0.4, 0.5) is 4.39 Å². The summed E-state index contributed by atoms with van der Waals surface area (Å²) < 4.78 is 16.2. The first-order valence-electron chi connectivity index (χ1n) is 10.9. The zero-order valence-corrected chi connectivity index (χ0v) is 18.8. The van der Waals surface area contributed by atoms with E-state index in [1.807, 2.05) is 43.7 Å². The number of nitrogens with one attached hydrogen (secondary N) is 1. The van der Waals surface area contributed by atoms with Crippen molar-refractivity contribution in [3.8, 4) is 11.1 Å². The molecule has 164 valence electrons. The summed E-state index contributed by atoms with van der Waals surface area (Å²) >= 11 is 0. The van der Waals surface area contributed by atoms with Crippen LogP contribution in [-0.4, -0.2) is 23.0 Å². The first kappa shape index (κ1) is 22.8. The second-order valence-electron chi connectivity index (χ2n) is 8.01. The number of pyridine rings is 1. The topological polar surface area (TPSA) is 55.3 Å². The Hall–Kier alpha value is -2.92. The Balaban J connectivity index is 1.88. The van der Waals surface area contributed by atoms with Crippen molar-refractivity contribution in [3.05, 3.63) is 83.7 Å². The van der Waals surface area contributed by atoms with Crippen LogP contribution in [0.5, 0.6) is 0 Å². The van der Waals surface area contributed by atoms with Crippen LogP contribution in [0.25, 0.3) is 16.8 Å². The van der Waals surface area contributed by atoms with Crippen LogP contribution < -0.4 is 11.1 Å². The molecule has 0 amide bonds. The molecule has 3 N–H and O–H groups in total. The van der Waals surface area contributed by atoms with Gasteiger partial charge in [-0.2, -0.15) is 0 Å². The van der Waals surface area contributed by atoms with Gasteiger partial charge in [-0.25, -0.2) is 9.37 Å². The van der Waals surface area contributed by atoms with Crippen molar-refractivity contribution in [1.29, 1.82) is 0 Å². The van der Waals surface area contributed by atoms with E-state index in [0.717, 1.165) is 53.7 Å². The van der Waals surface area contributed by atoms with Crippen molar-refractivity contribution in [2.45, 2.75) is 39.5 Å². The van der Waals surface area contributed by atoms with Crippen LogP contribution in [0.1, 0.15) is 37.9 Å². The Morgan fingerprint density at radius 1 is 1.29 bits per heavy atom. The molecule has 1 unspecified atom stereocenters. The lowest BCUT2D eigenvalue weighted by molar-refractivity contribution is 0.627. The maximum Gasteiger partial charge on any atom is 0.136 e. The van der Waals surface area contributed by atoms with Crippen molar-refractivity contribution in [3.63, 3.8) is 0 Å². The molecule has 3 aromatic rings. The number of halogens is 1. The second kappa shape index (κ2) is 10.4. The summed E-state index contributed by atoms with van der Waals surface area (Å²) in [5.41, 5.74) is 13.3. The Kier molecular flexibility index (Phi) is 7.64. The summed E-state index contributed by atoms with van der Waals surface area (Å²) in [6.45, 7) is 8.79. The highest BCUT2D eigenvalue weighted by atomic mass is 19.1. The number of nitrogens with zero attached hydrogens (tertiary/aromatic N) is 2. The van der Waals surface area contributed by atoms with Gasteiger partial charge >= 0.3 is 0 Å². The highest BCUT2D eigenvalue weighted by molar-refractivity contribution is 5.68. The van der Waals surface area contributed by atoms with Crippen molar-refractivity contribution >= 4 is 5.65 Å². The SMILES string of the molecule is C=CC(C)/C(CCCc1ccc(F)cc1-c1ccc2ncc(CCN)n2c1)=C(/C)NC. The van der Waals surface area contributed by atoms with Gasteiger partial charge in [0, 0.05) is 37.3 Å². The predicted molar refractivity (Wildman–Crippen MR) is 127 cm³/mol. The van der Waals surface area contributed by atoms with E-state index in [1.165, 1.54) is 11.3 Å². The van der Waals surface area contributed by atoms with Crippen molar-refractivity contribution in [2.24, 2.45) is 11.7 Å². The van der Waals surface area contributed by atoms with Gasteiger partial charge in [-0.15, -0.1) is 6.58 Å². The number of benzene rings is 1. The molecule has 2 aromatic heterocycles. The fraction of sp³-hybridized carbons (Fsp3) is 0.346. The molecule has 0 aliphatic heterocycles. The van der Waals surface area contributed by atoms with Gasteiger partial charge in [0.05, 0.1) is 0 Å². The molecule has 0 radical (unpaired) electrons. The number of rotatable bonds is 10. The molecule has 2 heterocycles. The van der Waals surface area contributed by atoms with Gasteiger partial charge in [0.25, 0.3) is 0 Å². The highest BCUT2D eigenvalue weighted by Gasteiger charge is 2.12. The maximum absolute atomic E-state index is 14.2. The van der Waals surface area contributed by atoms with Crippen LogP contribution in [0.15, 0.2) is 66.7 Å². The zero-order chi connectivity index (χ0) is 22.4. The van der Waals surface area contributed by atoms with Gasteiger partial charge < -0.3 is 15.5 Å². The minimum Gasteiger partial charge on any atom is -0.392 e. The number of imidazole rings is 1. The minimum atomic E-state index is -0.224. The van der Waals surface area contributed by atoms with Crippen LogP contribution in [-0.2, 0) is 12.8 Å². The van der Waals surface area contributed by atoms with E-state index in [4.69, 9.17) is 5.73 Å².